The maximum Gasteiger partial charge on any atom is 0.149 e. The van der Waals surface area contributed by atoms with Crippen LogP contribution in [-0.2, 0) is 0 Å². The number of benzene rings is 1. The Morgan fingerprint density at radius 2 is 1.59 bits per heavy atom. The Bertz CT molecular complexity index is 833. The van der Waals surface area contributed by atoms with Gasteiger partial charge in [0.1, 0.15) is 11.6 Å². The predicted molar refractivity (Wildman–Crippen MR) is 131 cm³/mol. The van der Waals surface area contributed by atoms with Crippen molar-refractivity contribution >= 4 is 23.0 Å². The Hall–Kier alpha value is -2.42. The average Bonchev–Trinajstić information content (AvgIpc) is 3.35. The number of rotatable bonds is 6. The molecule has 3 aliphatic rings. The van der Waals surface area contributed by atoms with Crippen LogP contribution in [0.3, 0.4) is 0 Å². The van der Waals surface area contributed by atoms with Crippen LogP contribution in [0.4, 0.5) is 23.0 Å². The van der Waals surface area contributed by atoms with Crippen LogP contribution in [0.5, 0.6) is 0 Å². The molecule has 1 aromatic carbocycles. The molecule has 0 bridgehead atoms. The normalized spacial score (nSPS) is 23.4. The van der Waals surface area contributed by atoms with E-state index in [0.717, 1.165) is 56.0 Å². The molecule has 0 unspecified atom stereocenters. The van der Waals surface area contributed by atoms with E-state index in [1.165, 1.54) is 44.7 Å². The van der Waals surface area contributed by atoms with Crippen LogP contribution in [0.2, 0.25) is 0 Å². The molecule has 3 N–H and O–H groups in total. The highest BCUT2D eigenvalue weighted by molar-refractivity contribution is 5.61. The molecule has 4 heterocycles. The van der Waals surface area contributed by atoms with Gasteiger partial charge in [0.2, 0.25) is 0 Å². The molecule has 32 heavy (non-hydrogen) atoms. The molecule has 1 atom stereocenters. The van der Waals surface area contributed by atoms with E-state index in [0.29, 0.717) is 6.04 Å². The Kier molecular flexibility index (Phi) is 6.71. The van der Waals surface area contributed by atoms with Crippen molar-refractivity contribution in [1.29, 1.82) is 0 Å². The highest BCUT2D eigenvalue weighted by atomic mass is 15.3. The third-order valence-corrected chi connectivity index (χ3v) is 7.09. The van der Waals surface area contributed by atoms with Crippen molar-refractivity contribution in [2.24, 2.45) is 0 Å². The highest BCUT2D eigenvalue weighted by Gasteiger charge is 2.26. The summed E-state index contributed by atoms with van der Waals surface area (Å²) in [5.74, 6) is 1.60. The van der Waals surface area contributed by atoms with Crippen molar-refractivity contribution in [2.45, 2.75) is 31.3 Å². The smallest absolute Gasteiger partial charge is 0.149 e. The fourth-order valence-electron chi connectivity index (χ4n) is 5.03. The van der Waals surface area contributed by atoms with E-state index in [2.05, 4.69) is 71.9 Å². The zero-order chi connectivity index (χ0) is 21.8. The summed E-state index contributed by atoms with van der Waals surface area (Å²) in [5.41, 5.74) is 2.35. The summed E-state index contributed by atoms with van der Waals surface area (Å²) in [6.07, 6.45) is 7.25. The molecule has 8 heteroatoms. The van der Waals surface area contributed by atoms with Crippen LogP contribution >= 0.6 is 0 Å². The fourth-order valence-corrected chi connectivity index (χ4v) is 5.03. The van der Waals surface area contributed by atoms with E-state index in [9.17, 15) is 0 Å². The first-order valence-corrected chi connectivity index (χ1v) is 12.1. The molecule has 0 spiro atoms. The van der Waals surface area contributed by atoms with Crippen molar-refractivity contribution in [3.8, 4) is 0 Å². The molecule has 1 aromatic heterocycles. The van der Waals surface area contributed by atoms with Crippen molar-refractivity contribution in [1.82, 2.24) is 25.1 Å². The molecule has 0 aliphatic carbocycles. The van der Waals surface area contributed by atoms with Gasteiger partial charge in [-0.25, -0.2) is 9.97 Å². The summed E-state index contributed by atoms with van der Waals surface area (Å²) in [4.78, 5) is 16.7. The molecule has 5 rings (SSSR count). The van der Waals surface area contributed by atoms with E-state index in [1.54, 1.807) is 12.4 Å². The molecular formula is C24H36N8. The summed E-state index contributed by atoms with van der Waals surface area (Å²) in [6, 6.07) is 9.91. The Morgan fingerprint density at radius 3 is 2.25 bits per heavy atom. The van der Waals surface area contributed by atoms with Crippen LogP contribution in [0.1, 0.15) is 19.3 Å². The van der Waals surface area contributed by atoms with E-state index < -0.39 is 0 Å². The number of piperazine rings is 1. The standard InChI is InChI=1S/C24H36N8/c1-30-12-14-32(15-13-30)22-7-10-31(11-8-22)21-4-2-19(3-5-21)28-23-17-27-24(18-26-23)29-20-6-9-25-16-20/h2-5,17-18,20,22,25H,6-16H2,1H3,(H,26,28)(H,27,29)/t20-/m1/s1. The number of piperidine rings is 1. The number of hydrogen-bond donors (Lipinski definition) is 3. The first-order chi connectivity index (χ1) is 15.7. The molecule has 3 fully saturated rings. The van der Waals surface area contributed by atoms with Gasteiger partial charge in [-0.2, -0.15) is 0 Å². The number of anilines is 4. The van der Waals surface area contributed by atoms with Gasteiger partial charge in [0.25, 0.3) is 0 Å². The van der Waals surface area contributed by atoms with Gasteiger partial charge in [0.05, 0.1) is 12.4 Å². The van der Waals surface area contributed by atoms with Gasteiger partial charge in [-0.3, -0.25) is 4.90 Å². The SMILES string of the molecule is CN1CCN(C2CCN(c3ccc(Nc4cnc(N[C@@H]5CCNC5)cn4)cc3)CC2)CC1. The van der Waals surface area contributed by atoms with E-state index >= 15 is 0 Å². The predicted octanol–water partition coefficient (Wildman–Crippen LogP) is 2.21. The lowest BCUT2D eigenvalue weighted by atomic mass is 10.0. The first-order valence-electron chi connectivity index (χ1n) is 12.1. The number of hydrogen-bond acceptors (Lipinski definition) is 8. The third kappa shape index (κ3) is 5.31. The third-order valence-electron chi connectivity index (χ3n) is 7.09. The van der Waals surface area contributed by atoms with E-state index in [-0.39, 0.29) is 0 Å². The number of nitrogens with one attached hydrogen (secondary N) is 3. The number of aromatic nitrogens is 2. The summed E-state index contributed by atoms with van der Waals surface area (Å²) in [7, 11) is 2.23. The second-order valence-corrected chi connectivity index (χ2v) is 9.35. The molecule has 3 saturated heterocycles. The Labute approximate surface area is 191 Å². The Balaban J connectivity index is 1.10. The lowest BCUT2D eigenvalue weighted by Crippen LogP contribution is -2.52. The molecule has 2 aromatic rings. The molecule has 0 radical (unpaired) electrons. The molecular weight excluding hydrogens is 400 g/mol. The minimum atomic E-state index is 0.447. The zero-order valence-electron chi connectivity index (χ0n) is 19.1. The molecule has 0 saturated carbocycles. The summed E-state index contributed by atoms with van der Waals surface area (Å²) in [6.45, 7) is 9.18. The topological polar surface area (TPSA) is 71.6 Å². The van der Waals surface area contributed by atoms with Crippen molar-refractivity contribution in [3.63, 3.8) is 0 Å². The van der Waals surface area contributed by atoms with Crippen LogP contribution < -0.4 is 20.9 Å². The second kappa shape index (κ2) is 10.0. The second-order valence-electron chi connectivity index (χ2n) is 9.35. The van der Waals surface area contributed by atoms with Gasteiger partial charge in [-0.05, 0) is 57.1 Å². The molecule has 172 valence electrons. The molecule has 8 nitrogen and oxygen atoms in total. The van der Waals surface area contributed by atoms with Gasteiger partial charge in [0.15, 0.2) is 0 Å². The lowest BCUT2D eigenvalue weighted by molar-refractivity contribution is 0.0982. The summed E-state index contributed by atoms with van der Waals surface area (Å²) < 4.78 is 0. The van der Waals surface area contributed by atoms with Gasteiger partial charge in [-0.1, -0.05) is 0 Å². The van der Waals surface area contributed by atoms with Crippen LogP contribution in [0.15, 0.2) is 36.7 Å². The quantitative estimate of drug-likeness (QED) is 0.637. The van der Waals surface area contributed by atoms with Crippen molar-refractivity contribution in [3.05, 3.63) is 36.7 Å². The van der Waals surface area contributed by atoms with Crippen LogP contribution in [-0.4, -0.2) is 91.3 Å². The molecule has 0 amide bonds. The zero-order valence-corrected chi connectivity index (χ0v) is 19.1. The van der Waals surface area contributed by atoms with Crippen LogP contribution in [0.25, 0.3) is 0 Å². The van der Waals surface area contributed by atoms with E-state index in [4.69, 9.17) is 0 Å². The van der Waals surface area contributed by atoms with E-state index in [1.807, 2.05) is 0 Å². The largest absolute Gasteiger partial charge is 0.371 e. The van der Waals surface area contributed by atoms with Gasteiger partial charge < -0.3 is 25.8 Å². The van der Waals surface area contributed by atoms with Crippen molar-refractivity contribution in [2.75, 3.05) is 74.9 Å². The number of likely N-dealkylation sites (N-methyl/N-ethyl adjacent to an activating group) is 1. The molecule has 3 aliphatic heterocycles. The number of nitrogens with zero attached hydrogens (tertiary/aromatic N) is 5. The van der Waals surface area contributed by atoms with Gasteiger partial charge >= 0.3 is 0 Å². The first kappa shape index (κ1) is 21.4. The minimum Gasteiger partial charge on any atom is -0.371 e. The summed E-state index contributed by atoms with van der Waals surface area (Å²) >= 11 is 0. The maximum atomic E-state index is 4.51. The minimum absolute atomic E-state index is 0.447. The van der Waals surface area contributed by atoms with Gasteiger partial charge in [-0.15, -0.1) is 0 Å². The average molecular weight is 437 g/mol. The maximum absolute atomic E-state index is 4.51. The van der Waals surface area contributed by atoms with Gasteiger partial charge in [0, 0.05) is 69.3 Å². The van der Waals surface area contributed by atoms with Crippen LogP contribution in [0, 0.1) is 0 Å². The fraction of sp³-hybridized carbons (Fsp3) is 0.583. The monoisotopic (exact) mass is 436 g/mol. The lowest BCUT2D eigenvalue weighted by Gasteiger charge is -2.42. The Morgan fingerprint density at radius 1 is 0.875 bits per heavy atom. The highest BCUT2D eigenvalue weighted by Crippen LogP contribution is 2.25. The van der Waals surface area contributed by atoms with Crippen molar-refractivity contribution < 1.29 is 0 Å². The summed E-state index contributed by atoms with van der Waals surface area (Å²) in [5, 5.41) is 10.1.